The maximum Gasteiger partial charge on any atom is 0.224 e. The Morgan fingerprint density at radius 3 is 2.71 bits per heavy atom. The van der Waals surface area contributed by atoms with Gasteiger partial charge in [-0.3, -0.25) is 4.79 Å². The Kier molecular flexibility index (Phi) is 7.57. The maximum atomic E-state index is 11.7. The van der Waals surface area contributed by atoms with Gasteiger partial charge in [0.1, 0.15) is 18.1 Å². The third kappa shape index (κ3) is 5.88. The molecule has 2 N–H and O–H groups in total. The normalized spacial score (nSPS) is 13.0. The highest BCUT2D eigenvalue weighted by Crippen LogP contribution is 2.35. The van der Waals surface area contributed by atoms with Gasteiger partial charge in [0.2, 0.25) is 5.91 Å². The van der Waals surface area contributed by atoms with E-state index in [2.05, 4.69) is 22.8 Å². The highest BCUT2D eigenvalue weighted by Gasteiger charge is 2.19. The van der Waals surface area contributed by atoms with Crippen molar-refractivity contribution in [3.63, 3.8) is 0 Å². The van der Waals surface area contributed by atoms with Crippen LogP contribution in [0.3, 0.4) is 0 Å². The highest BCUT2D eigenvalue weighted by molar-refractivity contribution is 6.31. The molecule has 2 aromatic rings. The summed E-state index contributed by atoms with van der Waals surface area (Å²) in [4.78, 5) is 11.7. The molecule has 3 rings (SSSR count). The number of ether oxygens (including phenoxy) is 2. The fourth-order valence-corrected chi connectivity index (χ4v) is 3.50. The first-order valence-corrected chi connectivity index (χ1v) is 10.1. The van der Waals surface area contributed by atoms with Crippen LogP contribution in [0.2, 0.25) is 5.02 Å². The molecule has 0 aromatic heterocycles. The van der Waals surface area contributed by atoms with E-state index in [4.69, 9.17) is 21.1 Å². The molecule has 1 aliphatic rings. The molecule has 0 spiro atoms. The molecule has 28 heavy (non-hydrogen) atoms. The molecular formula is C22H27ClN2O3. The highest BCUT2D eigenvalue weighted by atomic mass is 35.5. The summed E-state index contributed by atoms with van der Waals surface area (Å²) < 4.78 is 11.0. The number of rotatable bonds is 10. The van der Waals surface area contributed by atoms with E-state index in [1.165, 1.54) is 5.56 Å². The first kappa shape index (κ1) is 20.5. The second-order valence-corrected chi connectivity index (χ2v) is 7.33. The molecule has 0 bridgehead atoms. The fraction of sp³-hybridized carbons (Fsp3) is 0.409. The zero-order valence-electron chi connectivity index (χ0n) is 16.2. The van der Waals surface area contributed by atoms with Crippen LogP contribution in [-0.4, -0.2) is 32.7 Å². The summed E-state index contributed by atoms with van der Waals surface area (Å²) in [6, 6.07) is 11.9. The molecule has 1 amide bonds. The standard InChI is InChI=1S/C22H27ClN2O3/c1-27-19-8-5-16(6-9-19)4-2-3-11-24-12-13-28-20-15-18(23)14-17-7-10-21(26)25-22(17)20/h5-6,8-9,14-15,24H,2-4,7,10-13H2,1H3,(H,25,26). The molecule has 1 heterocycles. The molecule has 0 saturated carbocycles. The number of fused-ring (bicyclic) bond motifs is 1. The van der Waals surface area contributed by atoms with Crippen LogP contribution in [0.1, 0.15) is 30.4 Å². The minimum atomic E-state index is 0.0228. The van der Waals surface area contributed by atoms with E-state index in [-0.39, 0.29) is 5.91 Å². The molecule has 150 valence electrons. The minimum absolute atomic E-state index is 0.0228. The van der Waals surface area contributed by atoms with Gasteiger partial charge < -0.3 is 20.1 Å². The molecule has 6 heteroatoms. The zero-order chi connectivity index (χ0) is 19.8. The zero-order valence-corrected chi connectivity index (χ0v) is 17.0. The second-order valence-electron chi connectivity index (χ2n) is 6.89. The van der Waals surface area contributed by atoms with E-state index >= 15 is 0 Å². The number of carbonyl (C=O) groups is 1. The van der Waals surface area contributed by atoms with Crippen LogP contribution >= 0.6 is 11.6 Å². The summed E-state index contributed by atoms with van der Waals surface area (Å²) in [5.41, 5.74) is 3.13. The van der Waals surface area contributed by atoms with E-state index in [1.54, 1.807) is 13.2 Å². The largest absolute Gasteiger partial charge is 0.497 e. The third-order valence-corrected chi connectivity index (χ3v) is 5.02. The molecule has 5 nitrogen and oxygen atoms in total. The minimum Gasteiger partial charge on any atom is -0.497 e. The van der Waals surface area contributed by atoms with Crippen LogP contribution in [0.25, 0.3) is 0 Å². The lowest BCUT2D eigenvalue weighted by molar-refractivity contribution is -0.116. The predicted octanol–water partition coefficient (Wildman–Crippen LogP) is 4.22. The summed E-state index contributed by atoms with van der Waals surface area (Å²) in [7, 11) is 1.68. The number of hydrogen-bond acceptors (Lipinski definition) is 4. The monoisotopic (exact) mass is 402 g/mol. The predicted molar refractivity (Wildman–Crippen MR) is 113 cm³/mol. The molecule has 2 aromatic carbocycles. The van der Waals surface area contributed by atoms with Crippen molar-refractivity contribution in [2.75, 3.05) is 32.1 Å². The Balaban J connectivity index is 1.33. The van der Waals surface area contributed by atoms with Gasteiger partial charge in [0.05, 0.1) is 12.8 Å². The number of halogens is 1. The quantitative estimate of drug-likeness (QED) is 0.584. The number of anilines is 1. The smallest absolute Gasteiger partial charge is 0.224 e. The molecule has 0 atom stereocenters. The molecule has 0 saturated heterocycles. The van der Waals surface area contributed by atoms with Gasteiger partial charge in [0.15, 0.2) is 0 Å². The van der Waals surface area contributed by atoms with Gasteiger partial charge in [-0.05, 0) is 61.6 Å². The summed E-state index contributed by atoms with van der Waals surface area (Å²) in [5, 5.41) is 6.93. The van der Waals surface area contributed by atoms with Crippen molar-refractivity contribution >= 4 is 23.2 Å². The number of hydrogen-bond donors (Lipinski definition) is 2. The summed E-state index contributed by atoms with van der Waals surface area (Å²) >= 11 is 6.17. The number of amides is 1. The number of nitrogens with one attached hydrogen (secondary N) is 2. The molecule has 0 radical (unpaired) electrons. The number of aryl methyl sites for hydroxylation is 2. The first-order chi connectivity index (χ1) is 13.7. The molecule has 0 fully saturated rings. The Labute approximate surface area is 171 Å². The van der Waals surface area contributed by atoms with Gasteiger partial charge in [0.25, 0.3) is 0 Å². The van der Waals surface area contributed by atoms with Crippen LogP contribution in [0, 0.1) is 0 Å². The lowest BCUT2D eigenvalue weighted by atomic mass is 10.0. The number of benzene rings is 2. The topological polar surface area (TPSA) is 59.6 Å². The van der Waals surface area contributed by atoms with Gasteiger partial charge in [-0.2, -0.15) is 0 Å². The molecule has 0 aliphatic carbocycles. The number of methoxy groups -OCH3 is 1. The second kappa shape index (κ2) is 10.3. The van der Waals surface area contributed by atoms with Crippen LogP contribution < -0.4 is 20.1 Å². The molecule has 0 unspecified atom stereocenters. The van der Waals surface area contributed by atoms with Crippen molar-refractivity contribution in [3.8, 4) is 11.5 Å². The number of unbranched alkanes of at least 4 members (excludes halogenated alkanes) is 1. The van der Waals surface area contributed by atoms with Crippen LogP contribution in [-0.2, 0) is 17.6 Å². The Bertz CT molecular complexity index is 793. The SMILES string of the molecule is COc1ccc(CCCCNCCOc2cc(Cl)cc3c2NC(=O)CC3)cc1. The van der Waals surface area contributed by atoms with Crippen molar-refractivity contribution in [3.05, 3.63) is 52.5 Å². The average molecular weight is 403 g/mol. The van der Waals surface area contributed by atoms with E-state index in [0.29, 0.717) is 30.2 Å². The van der Waals surface area contributed by atoms with Crippen LogP contribution in [0.15, 0.2) is 36.4 Å². The van der Waals surface area contributed by atoms with Crippen LogP contribution in [0.4, 0.5) is 5.69 Å². The van der Waals surface area contributed by atoms with E-state index < -0.39 is 0 Å². The van der Waals surface area contributed by atoms with E-state index in [0.717, 1.165) is 49.4 Å². The first-order valence-electron chi connectivity index (χ1n) is 9.74. The lowest BCUT2D eigenvalue weighted by Crippen LogP contribution is -2.23. The van der Waals surface area contributed by atoms with E-state index in [9.17, 15) is 4.79 Å². The van der Waals surface area contributed by atoms with Crippen molar-refractivity contribution < 1.29 is 14.3 Å². The van der Waals surface area contributed by atoms with Gasteiger partial charge in [-0.1, -0.05) is 23.7 Å². The van der Waals surface area contributed by atoms with Crippen molar-refractivity contribution in [1.82, 2.24) is 5.32 Å². The van der Waals surface area contributed by atoms with E-state index in [1.807, 2.05) is 18.2 Å². The summed E-state index contributed by atoms with van der Waals surface area (Å²) in [6.45, 7) is 2.23. The van der Waals surface area contributed by atoms with Crippen molar-refractivity contribution in [2.45, 2.75) is 32.1 Å². The van der Waals surface area contributed by atoms with Gasteiger partial charge in [-0.25, -0.2) is 0 Å². The average Bonchev–Trinajstić information content (AvgIpc) is 2.70. The van der Waals surface area contributed by atoms with Gasteiger partial charge >= 0.3 is 0 Å². The van der Waals surface area contributed by atoms with Crippen molar-refractivity contribution in [1.29, 1.82) is 0 Å². The Morgan fingerprint density at radius 2 is 1.93 bits per heavy atom. The van der Waals surface area contributed by atoms with Gasteiger partial charge in [0, 0.05) is 24.1 Å². The fourth-order valence-electron chi connectivity index (χ4n) is 3.27. The van der Waals surface area contributed by atoms with Gasteiger partial charge in [-0.15, -0.1) is 0 Å². The lowest BCUT2D eigenvalue weighted by Gasteiger charge is -2.20. The molecule has 1 aliphatic heterocycles. The number of carbonyl (C=O) groups excluding carboxylic acids is 1. The Morgan fingerprint density at radius 1 is 1.11 bits per heavy atom. The van der Waals surface area contributed by atoms with Crippen molar-refractivity contribution in [2.24, 2.45) is 0 Å². The van der Waals surface area contributed by atoms with Crippen LogP contribution in [0.5, 0.6) is 11.5 Å². The molecular weight excluding hydrogens is 376 g/mol. The maximum absolute atomic E-state index is 11.7. The summed E-state index contributed by atoms with van der Waals surface area (Å²) in [6.07, 6.45) is 4.49. The Hall–Kier alpha value is -2.24. The third-order valence-electron chi connectivity index (χ3n) is 4.80. The summed E-state index contributed by atoms with van der Waals surface area (Å²) in [5.74, 6) is 1.57.